The Balaban J connectivity index is 1.96. The Morgan fingerprint density at radius 2 is 1.92 bits per heavy atom. The maximum Gasteiger partial charge on any atom is 0.241 e. The molecule has 0 saturated carbocycles. The molecule has 1 saturated heterocycles. The van der Waals surface area contributed by atoms with Gasteiger partial charge in [-0.1, -0.05) is 11.6 Å². The second-order valence-electron chi connectivity index (χ2n) is 6.11. The van der Waals surface area contributed by atoms with Gasteiger partial charge in [0.2, 0.25) is 5.91 Å². The Bertz CT molecular complexity index is 670. The normalized spacial score (nSPS) is 18.6. The summed E-state index contributed by atoms with van der Waals surface area (Å²) in [6.45, 7) is 3.06. The first-order valence-electron chi connectivity index (χ1n) is 7.85. The summed E-state index contributed by atoms with van der Waals surface area (Å²) in [4.78, 5) is 12.6. The van der Waals surface area contributed by atoms with Gasteiger partial charge in [-0.3, -0.25) is 4.79 Å². The molecule has 2 rings (SSSR count). The van der Waals surface area contributed by atoms with Crippen LogP contribution in [-0.4, -0.2) is 51.1 Å². The van der Waals surface area contributed by atoms with Crippen molar-refractivity contribution in [3.63, 3.8) is 0 Å². The minimum Gasteiger partial charge on any atom is -0.489 e. The van der Waals surface area contributed by atoms with Crippen molar-refractivity contribution in [3.8, 4) is 5.75 Å². The first-order chi connectivity index (χ1) is 11.2. The van der Waals surface area contributed by atoms with E-state index in [2.05, 4.69) is 10.6 Å². The molecular formula is C16H23ClN2O4S. The zero-order valence-electron chi connectivity index (χ0n) is 13.8. The van der Waals surface area contributed by atoms with Gasteiger partial charge in [-0.2, -0.15) is 0 Å². The Hall–Kier alpha value is -1.31. The molecule has 2 N–H and O–H groups in total. The van der Waals surface area contributed by atoms with Crippen LogP contribution in [0.3, 0.4) is 0 Å². The summed E-state index contributed by atoms with van der Waals surface area (Å²) < 4.78 is 28.7. The molecule has 0 radical (unpaired) electrons. The second-order valence-corrected chi connectivity index (χ2v) is 8.87. The fraction of sp³-hybridized carbons (Fsp3) is 0.562. The van der Waals surface area contributed by atoms with Crippen LogP contribution in [0.25, 0.3) is 0 Å². The number of benzene rings is 1. The molecule has 0 aromatic heterocycles. The van der Waals surface area contributed by atoms with E-state index in [0.717, 1.165) is 6.26 Å². The number of carbonyl (C=O) groups excluding carboxylic acids is 1. The van der Waals surface area contributed by atoms with E-state index in [9.17, 15) is 13.2 Å². The highest BCUT2D eigenvalue weighted by molar-refractivity contribution is 7.92. The molecule has 1 aliphatic heterocycles. The van der Waals surface area contributed by atoms with Crippen LogP contribution in [0.1, 0.15) is 19.8 Å². The Morgan fingerprint density at radius 3 is 2.46 bits per heavy atom. The summed E-state index contributed by atoms with van der Waals surface area (Å²) in [5.74, 6) is 0.193. The summed E-state index contributed by atoms with van der Waals surface area (Å²) in [7, 11) is -3.51. The molecule has 1 aliphatic rings. The minimum absolute atomic E-state index is 0.228. The van der Waals surface area contributed by atoms with Gasteiger partial charge in [-0.05, 0) is 57.1 Å². The highest BCUT2D eigenvalue weighted by Gasteiger charge is 2.48. The molecule has 0 aliphatic carbocycles. The highest BCUT2D eigenvalue weighted by Crippen LogP contribution is 2.28. The van der Waals surface area contributed by atoms with E-state index in [4.69, 9.17) is 16.3 Å². The maximum absolute atomic E-state index is 12.6. The monoisotopic (exact) mass is 374 g/mol. The highest BCUT2D eigenvalue weighted by atomic mass is 35.5. The maximum atomic E-state index is 12.6. The molecule has 6 nitrogen and oxygen atoms in total. The standard InChI is InChI=1S/C16H23ClN2O4S/c1-12(23-14-5-3-13(17)4-6-14)11-19-15(20)16(24(2,21)22)7-9-18-10-8-16/h3-6,12,18H,7-11H2,1-2H3,(H,19,20). The van der Waals surface area contributed by atoms with Gasteiger partial charge in [-0.25, -0.2) is 8.42 Å². The number of piperidine rings is 1. The number of sulfone groups is 1. The van der Waals surface area contributed by atoms with Crippen molar-refractivity contribution in [2.24, 2.45) is 0 Å². The van der Waals surface area contributed by atoms with Gasteiger partial charge < -0.3 is 15.4 Å². The van der Waals surface area contributed by atoms with E-state index < -0.39 is 20.5 Å². The molecule has 1 fully saturated rings. The topological polar surface area (TPSA) is 84.5 Å². The SMILES string of the molecule is CC(CNC(=O)C1(S(C)(=O)=O)CCNCC1)Oc1ccc(Cl)cc1. The van der Waals surface area contributed by atoms with Gasteiger partial charge in [0.15, 0.2) is 14.6 Å². The zero-order chi connectivity index (χ0) is 17.8. The van der Waals surface area contributed by atoms with Crippen molar-refractivity contribution in [1.29, 1.82) is 0 Å². The van der Waals surface area contributed by atoms with Crippen LogP contribution in [0.2, 0.25) is 5.02 Å². The lowest BCUT2D eigenvalue weighted by atomic mass is 9.96. The van der Waals surface area contributed by atoms with E-state index in [-0.39, 0.29) is 25.5 Å². The average molecular weight is 375 g/mol. The number of hydrogen-bond donors (Lipinski definition) is 2. The lowest BCUT2D eigenvalue weighted by molar-refractivity contribution is -0.124. The van der Waals surface area contributed by atoms with E-state index in [1.807, 2.05) is 6.92 Å². The van der Waals surface area contributed by atoms with Crippen molar-refractivity contribution in [2.75, 3.05) is 25.9 Å². The summed E-state index contributed by atoms with van der Waals surface area (Å²) >= 11 is 5.82. The predicted molar refractivity (Wildman–Crippen MR) is 94.2 cm³/mol. The van der Waals surface area contributed by atoms with Crippen LogP contribution in [0, 0.1) is 0 Å². The molecule has 1 amide bonds. The van der Waals surface area contributed by atoms with Crippen LogP contribution >= 0.6 is 11.6 Å². The second kappa shape index (κ2) is 7.72. The largest absolute Gasteiger partial charge is 0.489 e. The van der Waals surface area contributed by atoms with Crippen molar-refractivity contribution in [2.45, 2.75) is 30.6 Å². The Kier molecular flexibility index (Phi) is 6.11. The average Bonchev–Trinajstić information content (AvgIpc) is 2.54. The molecule has 1 aromatic carbocycles. The molecule has 8 heteroatoms. The van der Waals surface area contributed by atoms with E-state index in [0.29, 0.717) is 23.9 Å². The van der Waals surface area contributed by atoms with Crippen LogP contribution in [0.5, 0.6) is 5.75 Å². The summed E-state index contributed by atoms with van der Waals surface area (Å²) in [6, 6.07) is 6.92. The molecule has 1 unspecified atom stereocenters. The molecule has 24 heavy (non-hydrogen) atoms. The Labute approximate surface area is 147 Å². The van der Waals surface area contributed by atoms with Gasteiger partial charge in [0.1, 0.15) is 11.9 Å². The fourth-order valence-corrected chi connectivity index (χ4v) is 4.26. The van der Waals surface area contributed by atoms with Crippen molar-refractivity contribution in [3.05, 3.63) is 29.3 Å². The van der Waals surface area contributed by atoms with Crippen LogP contribution < -0.4 is 15.4 Å². The van der Waals surface area contributed by atoms with E-state index in [1.165, 1.54) is 0 Å². The molecule has 0 spiro atoms. The number of nitrogens with one attached hydrogen (secondary N) is 2. The predicted octanol–water partition coefficient (Wildman–Crippen LogP) is 1.39. The Morgan fingerprint density at radius 1 is 1.33 bits per heavy atom. The third kappa shape index (κ3) is 4.40. The number of ether oxygens (including phenoxy) is 1. The molecular weight excluding hydrogens is 352 g/mol. The first-order valence-corrected chi connectivity index (χ1v) is 10.1. The number of amides is 1. The van der Waals surface area contributed by atoms with E-state index >= 15 is 0 Å². The molecule has 1 atom stereocenters. The number of carbonyl (C=O) groups is 1. The van der Waals surface area contributed by atoms with Gasteiger partial charge in [0, 0.05) is 11.3 Å². The number of rotatable bonds is 6. The van der Waals surface area contributed by atoms with Gasteiger partial charge in [-0.15, -0.1) is 0 Å². The smallest absolute Gasteiger partial charge is 0.241 e. The van der Waals surface area contributed by atoms with Crippen molar-refractivity contribution >= 4 is 27.3 Å². The lowest BCUT2D eigenvalue weighted by Gasteiger charge is -2.34. The van der Waals surface area contributed by atoms with Crippen molar-refractivity contribution < 1.29 is 17.9 Å². The van der Waals surface area contributed by atoms with Crippen LogP contribution in [-0.2, 0) is 14.6 Å². The van der Waals surface area contributed by atoms with E-state index in [1.54, 1.807) is 24.3 Å². The summed E-state index contributed by atoms with van der Waals surface area (Å²) in [6.07, 6.45) is 1.40. The number of hydrogen-bond acceptors (Lipinski definition) is 5. The summed E-state index contributed by atoms with van der Waals surface area (Å²) in [5, 5.41) is 6.44. The van der Waals surface area contributed by atoms with Crippen LogP contribution in [0.4, 0.5) is 0 Å². The summed E-state index contributed by atoms with van der Waals surface area (Å²) in [5.41, 5.74) is 0. The van der Waals surface area contributed by atoms with Crippen molar-refractivity contribution in [1.82, 2.24) is 10.6 Å². The first kappa shape index (κ1) is 19.0. The number of halogens is 1. The third-order valence-corrected chi connectivity index (χ3v) is 6.50. The molecule has 1 heterocycles. The quantitative estimate of drug-likeness (QED) is 0.786. The van der Waals surface area contributed by atoms with Gasteiger partial charge in [0.25, 0.3) is 0 Å². The lowest BCUT2D eigenvalue weighted by Crippen LogP contribution is -2.58. The minimum atomic E-state index is -3.51. The molecule has 134 valence electrons. The fourth-order valence-electron chi connectivity index (χ4n) is 2.78. The third-order valence-electron chi connectivity index (χ3n) is 4.24. The molecule has 1 aromatic rings. The van der Waals surface area contributed by atoms with Gasteiger partial charge >= 0.3 is 0 Å². The van der Waals surface area contributed by atoms with Crippen LogP contribution in [0.15, 0.2) is 24.3 Å². The molecule has 0 bridgehead atoms. The zero-order valence-corrected chi connectivity index (χ0v) is 15.4. The van der Waals surface area contributed by atoms with Gasteiger partial charge in [0.05, 0.1) is 6.54 Å².